The normalized spacial score (nSPS) is 8.33. The van der Waals surface area contributed by atoms with Crippen LogP contribution in [0, 0.1) is 0 Å². The van der Waals surface area contributed by atoms with Crippen LogP contribution in [0.2, 0.25) is 0 Å². The first-order valence-electron chi connectivity index (χ1n) is 3.40. The van der Waals surface area contributed by atoms with E-state index >= 15 is 0 Å². The van der Waals surface area contributed by atoms with E-state index < -0.39 is 0 Å². The number of rotatable bonds is 0. The summed E-state index contributed by atoms with van der Waals surface area (Å²) in [6.45, 7) is 0. The summed E-state index contributed by atoms with van der Waals surface area (Å²) < 4.78 is 0. The van der Waals surface area contributed by atoms with E-state index in [9.17, 15) is 0 Å². The Kier molecular flexibility index (Phi) is 8.49. The van der Waals surface area contributed by atoms with Crippen LogP contribution in [0.3, 0.4) is 0 Å². The molecule has 0 saturated carbocycles. The molecule has 0 aliphatic rings. The van der Waals surface area contributed by atoms with Gasteiger partial charge in [-0.2, -0.15) is 0 Å². The maximum absolute atomic E-state index is 2.12. The van der Waals surface area contributed by atoms with Crippen molar-refractivity contribution < 1.29 is 0 Å². The molecule has 50 valence electrons. The van der Waals surface area contributed by atoms with Crippen LogP contribution in [0.4, 0.5) is 0 Å². The van der Waals surface area contributed by atoms with Crippen molar-refractivity contribution in [1.29, 1.82) is 0 Å². The smallest absolute Gasteiger partial charge is 0 e. The zero-order valence-electron chi connectivity index (χ0n) is 7.62. The minimum atomic E-state index is 0. The van der Waals surface area contributed by atoms with E-state index in [1.54, 1.807) is 0 Å². The van der Waals surface area contributed by atoms with E-state index in [4.69, 9.17) is 0 Å². The predicted molar refractivity (Wildman–Crippen MR) is 55.5 cm³/mol. The van der Waals surface area contributed by atoms with Crippen LogP contribution >= 0.6 is 0 Å². The summed E-state index contributed by atoms with van der Waals surface area (Å²) in [6.07, 6.45) is 0. The number of hydrogen-bond donors (Lipinski definition) is 0. The van der Waals surface area contributed by atoms with Crippen LogP contribution < -0.4 is 0 Å². The fourth-order valence-electron chi connectivity index (χ4n) is 1.13. The van der Waals surface area contributed by atoms with Crippen molar-refractivity contribution in [3.05, 3.63) is 48.5 Å². The molecule has 0 unspecified atom stereocenters. The standard InChI is InChI=1S/C10H8.2K/c1-2-6-10-8-4-3-7-9(10)5-1;;/h1-8H;;. The molecular formula is C10H8K2. The van der Waals surface area contributed by atoms with Crippen LogP contribution in [0.25, 0.3) is 10.8 Å². The summed E-state index contributed by atoms with van der Waals surface area (Å²) in [4.78, 5) is 0. The SMILES string of the molecule is [K].[K].c1ccc2ccccc2c1. The van der Waals surface area contributed by atoms with Gasteiger partial charge in [0, 0.05) is 103 Å². The summed E-state index contributed by atoms with van der Waals surface area (Å²) >= 11 is 0. The fourth-order valence-corrected chi connectivity index (χ4v) is 1.13. The summed E-state index contributed by atoms with van der Waals surface area (Å²) in [5, 5.41) is 2.62. The Hall–Kier alpha value is 1.97. The second-order valence-electron chi connectivity index (χ2n) is 2.35. The van der Waals surface area contributed by atoms with E-state index in [2.05, 4.69) is 48.5 Å². The van der Waals surface area contributed by atoms with Gasteiger partial charge in [-0.15, -0.1) is 0 Å². The van der Waals surface area contributed by atoms with Crippen LogP contribution in [-0.4, -0.2) is 103 Å². The topological polar surface area (TPSA) is 0 Å². The Morgan fingerprint density at radius 2 is 0.750 bits per heavy atom. The third-order valence-corrected chi connectivity index (χ3v) is 1.66. The van der Waals surface area contributed by atoms with Crippen molar-refractivity contribution in [2.24, 2.45) is 0 Å². The molecule has 2 rings (SSSR count). The van der Waals surface area contributed by atoms with Crippen molar-refractivity contribution in [2.75, 3.05) is 0 Å². The fraction of sp³-hybridized carbons (Fsp3) is 0. The van der Waals surface area contributed by atoms with Gasteiger partial charge in [0.2, 0.25) is 0 Å². The zero-order chi connectivity index (χ0) is 6.81. The number of fused-ring (bicyclic) bond motifs is 1. The minimum Gasteiger partial charge on any atom is -0.0616 e. The predicted octanol–water partition coefficient (Wildman–Crippen LogP) is 2.08. The van der Waals surface area contributed by atoms with Gasteiger partial charge in [0.15, 0.2) is 0 Å². The second kappa shape index (κ2) is 7.29. The molecule has 0 saturated heterocycles. The molecule has 0 nitrogen and oxygen atoms in total. The van der Waals surface area contributed by atoms with Gasteiger partial charge < -0.3 is 0 Å². The first-order valence-corrected chi connectivity index (χ1v) is 3.40. The number of benzene rings is 2. The zero-order valence-corrected chi connectivity index (χ0v) is 13.9. The molecular weight excluding hydrogens is 198 g/mol. The van der Waals surface area contributed by atoms with Gasteiger partial charge >= 0.3 is 0 Å². The molecule has 0 N–H and O–H groups in total. The Morgan fingerprint density at radius 3 is 1.00 bits per heavy atom. The molecule has 0 bridgehead atoms. The molecule has 2 radical (unpaired) electrons. The molecule has 0 amide bonds. The first kappa shape index (κ1) is 14.0. The molecule has 0 heterocycles. The van der Waals surface area contributed by atoms with Gasteiger partial charge in [-0.25, -0.2) is 0 Å². The quantitative estimate of drug-likeness (QED) is 0.579. The monoisotopic (exact) mass is 206 g/mol. The molecule has 2 aromatic rings. The molecule has 0 fully saturated rings. The Labute approximate surface area is 158 Å². The average Bonchev–Trinajstić information content (AvgIpc) is 2.05. The van der Waals surface area contributed by atoms with E-state index in [0.717, 1.165) is 0 Å². The van der Waals surface area contributed by atoms with Gasteiger partial charge in [0.05, 0.1) is 0 Å². The van der Waals surface area contributed by atoms with Crippen molar-refractivity contribution in [2.45, 2.75) is 0 Å². The van der Waals surface area contributed by atoms with Gasteiger partial charge in [-0.3, -0.25) is 0 Å². The first-order chi connectivity index (χ1) is 4.97. The van der Waals surface area contributed by atoms with Gasteiger partial charge in [-0.05, 0) is 10.8 Å². The van der Waals surface area contributed by atoms with Crippen molar-refractivity contribution in [3.8, 4) is 0 Å². The minimum absolute atomic E-state index is 0. The van der Waals surface area contributed by atoms with Gasteiger partial charge in [0.1, 0.15) is 0 Å². The van der Waals surface area contributed by atoms with E-state index in [1.165, 1.54) is 10.8 Å². The Bertz CT molecular complexity index is 279. The maximum Gasteiger partial charge on any atom is 0 e. The van der Waals surface area contributed by atoms with Crippen molar-refractivity contribution in [3.63, 3.8) is 0 Å². The average molecular weight is 206 g/mol. The molecule has 12 heavy (non-hydrogen) atoms. The Morgan fingerprint density at radius 1 is 0.500 bits per heavy atom. The largest absolute Gasteiger partial charge is 0.0616 e. The summed E-state index contributed by atoms with van der Waals surface area (Å²) in [5.41, 5.74) is 0. The molecule has 2 heteroatoms. The molecule has 0 spiro atoms. The molecule has 0 aliphatic heterocycles. The Balaban J connectivity index is 0.000000605. The van der Waals surface area contributed by atoms with E-state index in [-0.39, 0.29) is 103 Å². The third-order valence-electron chi connectivity index (χ3n) is 1.66. The maximum atomic E-state index is 2.12. The second-order valence-corrected chi connectivity index (χ2v) is 2.35. The molecule has 2 aromatic carbocycles. The summed E-state index contributed by atoms with van der Waals surface area (Å²) in [7, 11) is 0. The van der Waals surface area contributed by atoms with Crippen LogP contribution in [0.1, 0.15) is 0 Å². The van der Waals surface area contributed by atoms with E-state index in [0.29, 0.717) is 0 Å². The van der Waals surface area contributed by atoms with Crippen molar-refractivity contribution in [1.82, 2.24) is 0 Å². The van der Waals surface area contributed by atoms with Gasteiger partial charge in [-0.1, -0.05) is 48.5 Å². The summed E-state index contributed by atoms with van der Waals surface area (Å²) in [5.74, 6) is 0. The molecule has 0 aromatic heterocycles. The van der Waals surface area contributed by atoms with Crippen LogP contribution in [-0.2, 0) is 0 Å². The van der Waals surface area contributed by atoms with Crippen molar-refractivity contribution >= 4 is 114 Å². The number of hydrogen-bond acceptors (Lipinski definition) is 0. The molecule has 0 aliphatic carbocycles. The van der Waals surface area contributed by atoms with Crippen LogP contribution in [0.5, 0.6) is 0 Å². The van der Waals surface area contributed by atoms with Crippen LogP contribution in [0.15, 0.2) is 48.5 Å². The van der Waals surface area contributed by atoms with E-state index in [1.807, 2.05) is 0 Å². The third kappa shape index (κ3) is 3.61. The summed E-state index contributed by atoms with van der Waals surface area (Å²) in [6, 6.07) is 16.7. The molecule has 0 atom stereocenters. The van der Waals surface area contributed by atoms with Gasteiger partial charge in [0.25, 0.3) is 0 Å².